The van der Waals surface area contributed by atoms with Gasteiger partial charge >= 0.3 is 11.7 Å². The second kappa shape index (κ2) is 14.2. The number of benzene rings is 2. The van der Waals surface area contributed by atoms with Gasteiger partial charge < -0.3 is 19.7 Å². The molecule has 6 aromatic rings. The highest BCUT2D eigenvalue weighted by molar-refractivity contribution is 7.22. The number of ether oxygens (including phenoxy) is 2. The smallest absolute Gasteiger partial charge is 0.338 e. The molecule has 4 aromatic heterocycles. The molecule has 6 rings (SSSR count). The summed E-state index contributed by atoms with van der Waals surface area (Å²) < 4.78 is 41.9. The highest BCUT2D eigenvalue weighted by Gasteiger charge is 2.26. The van der Waals surface area contributed by atoms with Crippen molar-refractivity contribution in [2.24, 2.45) is 0 Å². The number of hydrogen-bond donors (Lipinski definition) is 2. The lowest BCUT2D eigenvalue weighted by molar-refractivity contribution is 0.262. The first kappa shape index (κ1) is 33.8. The van der Waals surface area contributed by atoms with E-state index in [1.54, 1.807) is 30.3 Å². The molecule has 2 aromatic carbocycles. The number of urea groups is 1. The van der Waals surface area contributed by atoms with E-state index >= 15 is 0 Å². The zero-order valence-corrected chi connectivity index (χ0v) is 27.9. The van der Waals surface area contributed by atoms with Crippen LogP contribution in [0, 0.1) is 11.6 Å². The van der Waals surface area contributed by atoms with Crippen molar-refractivity contribution < 1.29 is 23.0 Å². The van der Waals surface area contributed by atoms with E-state index in [1.165, 1.54) is 43.1 Å². The van der Waals surface area contributed by atoms with Crippen molar-refractivity contribution in [3.8, 4) is 28.0 Å². The summed E-state index contributed by atoms with van der Waals surface area (Å²) in [6.45, 7) is -0.230. The normalized spacial score (nSPS) is 11.2. The van der Waals surface area contributed by atoms with Crippen molar-refractivity contribution in [1.29, 1.82) is 0 Å². The number of methoxy groups -OCH3 is 2. The Morgan fingerprint density at radius 3 is 2.08 bits per heavy atom. The predicted molar refractivity (Wildman–Crippen MR) is 183 cm³/mol. The summed E-state index contributed by atoms with van der Waals surface area (Å²) in [4.78, 5) is 43.7. The van der Waals surface area contributed by atoms with Crippen molar-refractivity contribution in [2.75, 3.05) is 38.9 Å². The Morgan fingerprint density at radius 1 is 0.840 bits per heavy atom. The number of amides is 2. The molecule has 256 valence electrons. The monoisotopic (exact) mass is 701 g/mol. The number of fused-ring (bicyclic) bond motifs is 1. The second-order valence-corrected chi connectivity index (χ2v) is 12.1. The molecule has 0 atom stereocenters. The molecule has 0 saturated heterocycles. The van der Waals surface area contributed by atoms with Crippen LogP contribution < -0.4 is 31.4 Å². The Balaban J connectivity index is 1.46. The third-order valence-corrected chi connectivity index (χ3v) is 8.79. The van der Waals surface area contributed by atoms with Crippen LogP contribution in [-0.2, 0) is 13.1 Å². The number of nitrogens with one attached hydrogen (secondary N) is 2. The summed E-state index contributed by atoms with van der Waals surface area (Å²) in [6, 6.07) is 15.7. The summed E-state index contributed by atoms with van der Waals surface area (Å²) >= 11 is 1.14. The van der Waals surface area contributed by atoms with Crippen molar-refractivity contribution in [2.45, 2.75) is 13.1 Å². The summed E-state index contributed by atoms with van der Waals surface area (Å²) in [7, 11) is 6.50. The van der Waals surface area contributed by atoms with E-state index in [0.29, 0.717) is 27.6 Å². The van der Waals surface area contributed by atoms with E-state index in [4.69, 9.17) is 9.47 Å². The quantitative estimate of drug-likeness (QED) is 0.208. The Bertz CT molecular complexity index is 2290. The van der Waals surface area contributed by atoms with Crippen LogP contribution in [0.15, 0.2) is 76.3 Å². The first-order valence-corrected chi connectivity index (χ1v) is 15.7. The molecular weight excluding hydrogens is 672 g/mol. The fraction of sp³-hybridized carbons (Fsp3) is 0.182. The molecule has 50 heavy (non-hydrogen) atoms. The molecule has 14 nitrogen and oxygen atoms in total. The van der Waals surface area contributed by atoms with Crippen molar-refractivity contribution in [3.63, 3.8) is 0 Å². The van der Waals surface area contributed by atoms with E-state index in [9.17, 15) is 23.2 Å². The van der Waals surface area contributed by atoms with Gasteiger partial charge in [0, 0.05) is 34.8 Å². The van der Waals surface area contributed by atoms with Crippen molar-refractivity contribution in [3.05, 3.63) is 110 Å². The number of halogens is 2. The van der Waals surface area contributed by atoms with Crippen molar-refractivity contribution >= 4 is 39.1 Å². The van der Waals surface area contributed by atoms with Gasteiger partial charge in [-0.15, -0.1) is 31.7 Å². The molecule has 0 aliphatic heterocycles. The summed E-state index contributed by atoms with van der Waals surface area (Å²) in [5, 5.41) is 21.1. The molecule has 0 bridgehead atoms. The van der Waals surface area contributed by atoms with E-state index in [1.807, 2.05) is 19.0 Å². The van der Waals surface area contributed by atoms with Gasteiger partial charge in [-0.3, -0.25) is 14.7 Å². The molecule has 0 fully saturated rings. The maximum atomic E-state index is 14.9. The minimum Gasteiger partial charge on any atom is -0.480 e. The van der Waals surface area contributed by atoms with Gasteiger partial charge in [0.25, 0.3) is 5.56 Å². The average Bonchev–Trinajstić information content (AvgIpc) is 3.47. The number of carbonyl (C=O) groups is 1. The lowest BCUT2D eigenvalue weighted by Crippen LogP contribution is -2.39. The van der Waals surface area contributed by atoms with Crippen molar-refractivity contribution in [1.82, 2.24) is 34.4 Å². The van der Waals surface area contributed by atoms with Crippen LogP contribution in [0.1, 0.15) is 11.1 Å². The van der Waals surface area contributed by atoms with Crippen LogP contribution >= 0.6 is 11.3 Å². The van der Waals surface area contributed by atoms with Crippen LogP contribution in [0.4, 0.5) is 25.1 Å². The lowest BCUT2D eigenvalue weighted by Gasteiger charge is -2.14. The molecule has 0 aliphatic rings. The van der Waals surface area contributed by atoms with Crippen LogP contribution in [0.5, 0.6) is 11.8 Å². The molecule has 0 aliphatic carbocycles. The van der Waals surface area contributed by atoms with Gasteiger partial charge in [0.15, 0.2) is 11.6 Å². The zero-order chi connectivity index (χ0) is 35.5. The third kappa shape index (κ3) is 6.76. The first-order valence-electron chi connectivity index (χ1n) is 14.9. The minimum atomic E-state index is -0.860. The molecule has 0 unspecified atom stereocenters. The van der Waals surface area contributed by atoms with Gasteiger partial charge in [-0.25, -0.2) is 22.9 Å². The highest BCUT2D eigenvalue weighted by atomic mass is 32.1. The molecule has 0 spiro atoms. The molecular formula is C33H29F2N9O5S. The summed E-state index contributed by atoms with van der Waals surface area (Å²) in [6.07, 6.45) is 0. The number of nitrogens with zero attached hydrogens (tertiary/aromatic N) is 7. The topological polar surface area (TPSA) is 158 Å². The molecule has 17 heteroatoms. The number of rotatable bonds is 10. The van der Waals surface area contributed by atoms with E-state index < -0.39 is 35.5 Å². The summed E-state index contributed by atoms with van der Waals surface area (Å²) in [5.74, 6) is -1.11. The standard InChI is InChI=1S/C33H29F2N9O5S/c1-42(2)16-21-28-30(45)44(25-13-15-27(49-4)41-39-25)33(47)43(17-20-22(34)6-5-7-23(20)35)31(28)50-29(21)18-8-10-19(11-9-18)36-32(46)37-24-12-14-26(48-3)40-38-24/h5-15H,16-17H2,1-4H3,(H2,36,37,38,46). The SMILES string of the molecule is COc1ccc(NC(=O)Nc2ccc(-c3sc4c(c3CN(C)C)c(=O)n(-c3ccc(OC)nn3)c(=O)n4Cc3c(F)cccc3F)cc2)nn1. The number of anilines is 2. The third-order valence-electron chi connectivity index (χ3n) is 7.49. The van der Waals surface area contributed by atoms with Gasteiger partial charge in [-0.2, -0.15) is 0 Å². The Morgan fingerprint density at radius 2 is 1.50 bits per heavy atom. The fourth-order valence-corrected chi connectivity index (χ4v) is 6.47. The summed E-state index contributed by atoms with van der Waals surface area (Å²) in [5.41, 5.74) is -0.182. The predicted octanol–water partition coefficient (Wildman–Crippen LogP) is 4.51. The Hall–Kier alpha value is -6.07. The van der Waals surface area contributed by atoms with Crippen LogP contribution in [0.25, 0.3) is 26.5 Å². The molecule has 4 heterocycles. The lowest BCUT2D eigenvalue weighted by atomic mass is 10.1. The average molecular weight is 702 g/mol. The van der Waals surface area contributed by atoms with E-state index in [2.05, 4.69) is 31.0 Å². The largest absolute Gasteiger partial charge is 0.480 e. The molecule has 0 saturated carbocycles. The number of hydrogen-bond acceptors (Lipinski definition) is 11. The zero-order valence-electron chi connectivity index (χ0n) is 27.1. The number of carbonyl (C=O) groups excluding carboxylic acids is 1. The van der Waals surface area contributed by atoms with Gasteiger partial charge in [0.1, 0.15) is 16.5 Å². The maximum absolute atomic E-state index is 14.9. The molecule has 0 radical (unpaired) electrons. The van der Waals surface area contributed by atoms with Gasteiger partial charge in [-0.1, -0.05) is 18.2 Å². The Kier molecular flexibility index (Phi) is 9.60. The molecule has 2 N–H and O–H groups in total. The van der Waals surface area contributed by atoms with Crippen LogP contribution in [0.3, 0.4) is 0 Å². The van der Waals surface area contributed by atoms with E-state index in [-0.39, 0.29) is 39.8 Å². The van der Waals surface area contributed by atoms with Gasteiger partial charge in [0.05, 0.1) is 26.2 Å². The number of thiophene rings is 1. The van der Waals surface area contributed by atoms with Crippen LogP contribution in [0.2, 0.25) is 0 Å². The molecule has 2 amide bonds. The minimum absolute atomic E-state index is 0.0941. The second-order valence-electron chi connectivity index (χ2n) is 11.1. The fourth-order valence-electron chi connectivity index (χ4n) is 5.17. The first-order chi connectivity index (χ1) is 24.1. The number of aromatic nitrogens is 6. The maximum Gasteiger partial charge on any atom is 0.338 e. The van der Waals surface area contributed by atoms with Gasteiger partial charge in [-0.05, 0) is 61.6 Å². The highest BCUT2D eigenvalue weighted by Crippen LogP contribution is 2.38. The van der Waals surface area contributed by atoms with E-state index in [0.717, 1.165) is 28.0 Å². The Labute approximate surface area is 286 Å². The van der Waals surface area contributed by atoms with Crippen LogP contribution in [-0.4, -0.2) is 68.8 Å². The van der Waals surface area contributed by atoms with Gasteiger partial charge in [0.2, 0.25) is 11.8 Å².